The van der Waals surface area contributed by atoms with Gasteiger partial charge in [-0.1, -0.05) is 30.3 Å². The SMILES string of the molecule is CCOc1cccc([C@@H]2C[C@H]2N=C(N)Nc2ccccc2)c1.I. The summed E-state index contributed by atoms with van der Waals surface area (Å²) in [6, 6.07) is 18.4. The van der Waals surface area contributed by atoms with Crippen LogP contribution in [0.1, 0.15) is 24.8 Å². The van der Waals surface area contributed by atoms with Gasteiger partial charge in [0.1, 0.15) is 5.75 Å². The van der Waals surface area contributed by atoms with Crippen molar-refractivity contribution in [2.45, 2.75) is 25.3 Å². The lowest BCUT2D eigenvalue weighted by Crippen LogP contribution is -2.23. The number of anilines is 1. The van der Waals surface area contributed by atoms with E-state index in [2.05, 4.69) is 22.4 Å². The number of hydrogen-bond donors (Lipinski definition) is 2. The van der Waals surface area contributed by atoms with Crippen LogP contribution in [0, 0.1) is 0 Å². The molecule has 0 aromatic heterocycles. The Kier molecular flexibility index (Phi) is 6.27. The van der Waals surface area contributed by atoms with Crippen LogP contribution in [-0.2, 0) is 0 Å². The van der Waals surface area contributed by atoms with Crippen molar-refractivity contribution in [3.05, 3.63) is 60.2 Å². The fraction of sp³-hybridized carbons (Fsp3) is 0.278. The number of nitrogens with zero attached hydrogens (tertiary/aromatic N) is 1. The number of para-hydroxylation sites is 1. The van der Waals surface area contributed by atoms with Crippen molar-refractivity contribution in [2.75, 3.05) is 11.9 Å². The molecule has 0 amide bonds. The predicted octanol–water partition coefficient (Wildman–Crippen LogP) is 3.99. The summed E-state index contributed by atoms with van der Waals surface area (Å²) in [6.45, 7) is 2.68. The van der Waals surface area contributed by atoms with Crippen LogP contribution in [0.2, 0.25) is 0 Å². The Balaban J connectivity index is 0.00000192. The fourth-order valence-electron chi connectivity index (χ4n) is 2.56. The molecule has 1 aliphatic rings. The van der Waals surface area contributed by atoms with Gasteiger partial charge in [-0.05, 0) is 43.2 Å². The molecule has 0 aliphatic heterocycles. The van der Waals surface area contributed by atoms with Crippen molar-refractivity contribution < 1.29 is 4.74 Å². The Bertz CT molecular complexity index is 660. The van der Waals surface area contributed by atoms with Crippen LogP contribution in [-0.4, -0.2) is 18.6 Å². The first-order valence-electron chi connectivity index (χ1n) is 7.64. The number of aliphatic imine (C=N–C) groups is 1. The third-order valence-corrected chi connectivity index (χ3v) is 3.71. The Hall–Kier alpha value is -1.76. The average Bonchev–Trinajstić information content (AvgIpc) is 3.28. The lowest BCUT2D eigenvalue weighted by Gasteiger charge is -2.06. The third kappa shape index (κ3) is 4.86. The smallest absolute Gasteiger partial charge is 0.193 e. The van der Waals surface area contributed by atoms with Crippen LogP contribution >= 0.6 is 24.0 Å². The van der Waals surface area contributed by atoms with Gasteiger partial charge in [-0.15, -0.1) is 24.0 Å². The van der Waals surface area contributed by atoms with Crippen molar-refractivity contribution in [3.63, 3.8) is 0 Å². The van der Waals surface area contributed by atoms with Gasteiger partial charge < -0.3 is 15.8 Å². The zero-order valence-electron chi connectivity index (χ0n) is 13.1. The minimum Gasteiger partial charge on any atom is -0.494 e. The van der Waals surface area contributed by atoms with Gasteiger partial charge in [0.25, 0.3) is 0 Å². The molecule has 2 atom stereocenters. The van der Waals surface area contributed by atoms with Gasteiger partial charge in [-0.2, -0.15) is 0 Å². The maximum Gasteiger partial charge on any atom is 0.193 e. The molecule has 1 aliphatic carbocycles. The molecular weight excluding hydrogens is 401 g/mol. The first-order valence-corrected chi connectivity index (χ1v) is 7.64. The minimum absolute atomic E-state index is 0. The molecule has 0 bridgehead atoms. The second kappa shape index (κ2) is 8.19. The summed E-state index contributed by atoms with van der Waals surface area (Å²) >= 11 is 0. The first-order chi connectivity index (χ1) is 10.8. The normalized spacial score (nSPS) is 19.6. The summed E-state index contributed by atoms with van der Waals surface area (Å²) in [5, 5.41) is 3.12. The third-order valence-electron chi connectivity index (χ3n) is 3.71. The molecule has 0 radical (unpaired) electrons. The molecule has 2 aromatic rings. The van der Waals surface area contributed by atoms with E-state index in [4.69, 9.17) is 10.5 Å². The Morgan fingerprint density at radius 1 is 1.22 bits per heavy atom. The van der Waals surface area contributed by atoms with Gasteiger partial charge in [0.05, 0.1) is 12.6 Å². The van der Waals surface area contributed by atoms with Gasteiger partial charge >= 0.3 is 0 Å². The monoisotopic (exact) mass is 423 g/mol. The lowest BCUT2D eigenvalue weighted by atomic mass is 10.1. The highest BCUT2D eigenvalue weighted by molar-refractivity contribution is 14.0. The topological polar surface area (TPSA) is 59.6 Å². The van der Waals surface area contributed by atoms with E-state index in [0.29, 0.717) is 18.5 Å². The summed E-state index contributed by atoms with van der Waals surface area (Å²) in [5.74, 6) is 1.83. The molecule has 3 N–H and O–H groups in total. The summed E-state index contributed by atoms with van der Waals surface area (Å²) < 4.78 is 5.55. The van der Waals surface area contributed by atoms with E-state index >= 15 is 0 Å². The van der Waals surface area contributed by atoms with Crippen LogP contribution < -0.4 is 15.8 Å². The molecule has 0 heterocycles. The number of halogens is 1. The molecule has 1 fully saturated rings. The van der Waals surface area contributed by atoms with Crippen LogP contribution in [0.5, 0.6) is 5.75 Å². The van der Waals surface area contributed by atoms with Crippen molar-refractivity contribution >= 4 is 35.6 Å². The molecule has 2 aromatic carbocycles. The maximum atomic E-state index is 5.98. The van der Waals surface area contributed by atoms with E-state index in [1.54, 1.807) is 0 Å². The molecule has 23 heavy (non-hydrogen) atoms. The molecule has 0 spiro atoms. The van der Waals surface area contributed by atoms with Crippen molar-refractivity contribution in [2.24, 2.45) is 10.7 Å². The van der Waals surface area contributed by atoms with Gasteiger partial charge in [0.15, 0.2) is 5.96 Å². The van der Waals surface area contributed by atoms with E-state index in [1.165, 1.54) is 5.56 Å². The van der Waals surface area contributed by atoms with Crippen LogP contribution in [0.25, 0.3) is 0 Å². The summed E-state index contributed by atoms with van der Waals surface area (Å²) in [4.78, 5) is 4.56. The second-order valence-electron chi connectivity index (χ2n) is 5.42. The molecular formula is C18H22IN3O. The molecule has 0 unspecified atom stereocenters. The van der Waals surface area contributed by atoms with Crippen molar-refractivity contribution in [1.29, 1.82) is 0 Å². The van der Waals surface area contributed by atoms with E-state index in [0.717, 1.165) is 17.9 Å². The summed E-state index contributed by atoms with van der Waals surface area (Å²) in [7, 11) is 0. The van der Waals surface area contributed by atoms with Crippen LogP contribution in [0.15, 0.2) is 59.6 Å². The highest BCUT2D eigenvalue weighted by atomic mass is 127. The van der Waals surface area contributed by atoms with Crippen molar-refractivity contribution in [3.8, 4) is 5.75 Å². The lowest BCUT2D eigenvalue weighted by molar-refractivity contribution is 0.340. The molecule has 5 heteroatoms. The predicted molar refractivity (Wildman–Crippen MR) is 106 cm³/mol. The zero-order chi connectivity index (χ0) is 15.4. The highest BCUT2D eigenvalue weighted by Crippen LogP contribution is 2.44. The summed E-state index contributed by atoms with van der Waals surface area (Å²) in [5.41, 5.74) is 8.21. The van der Waals surface area contributed by atoms with E-state index < -0.39 is 0 Å². The molecule has 3 rings (SSSR count). The van der Waals surface area contributed by atoms with Gasteiger partial charge in [0.2, 0.25) is 0 Å². The second-order valence-corrected chi connectivity index (χ2v) is 5.42. The number of ether oxygens (including phenoxy) is 1. The fourth-order valence-corrected chi connectivity index (χ4v) is 2.56. The Morgan fingerprint density at radius 2 is 2.00 bits per heavy atom. The molecule has 4 nitrogen and oxygen atoms in total. The van der Waals surface area contributed by atoms with Gasteiger partial charge in [-0.3, -0.25) is 0 Å². The Morgan fingerprint density at radius 3 is 2.74 bits per heavy atom. The zero-order valence-corrected chi connectivity index (χ0v) is 15.4. The first kappa shape index (κ1) is 17.6. The van der Waals surface area contributed by atoms with Gasteiger partial charge in [-0.25, -0.2) is 4.99 Å². The number of guanidine groups is 1. The number of nitrogens with one attached hydrogen (secondary N) is 1. The van der Waals surface area contributed by atoms with E-state index in [1.807, 2.05) is 49.4 Å². The van der Waals surface area contributed by atoms with E-state index in [-0.39, 0.29) is 30.0 Å². The Labute approximate surface area is 154 Å². The number of nitrogens with two attached hydrogens (primary N) is 1. The molecule has 0 saturated heterocycles. The molecule has 122 valence electrons. The quantitative estimate of drug-likeness (QED) is 0.435. The van der Waals surface area contributed by atoms with E-state index in [9.17, 15) is 0 Å². The van der Waals surface area contributed by atoms with Crippen molar-refractivity contribution in [1.82, 2.24) is 0 Å². The van der Waals surface area contributed by atoms with Crippen LogP contribution in [0.3, 0.4) is 0 Å². The summed E-state index contributed by atoms with van der Waals surface area (Å²) in [6.07, 6.45) is 1.03. The number of rotatable bonds is 5. The highest BCUT2D eigenvalue weighted by Gasteiger charge is 2.38. The maximum absolute atomic E-state index is 5.98. The van der Waals surface area contributed by atoms with Crippen LogP contribution in [0.4, 0.5) is 5.69 Å². The number of benzene rings is 2. The number of hydrogen-bond acceptors (Lipinski definition) is 2. The minimum atomic E-state index is 0. The largest absolute Gasteiger partial charge is 0.494 e. The standard InChI is InChI=1S/C18H21N3O.HI/c1-2-22-15-10-6-7-13(11-15)16-12-17(16)21-18(19)20-14-8-4-3-5-9-14;/h3-11,16-17H,2,12H2,1H3,(H3,19,20,21);1H/t16-,17+;/m0./s1. The van der Waals surface area contributed by atoms with Gasteiger partial charge in [0, 0.05) is 11.6 Å². The molecule has 1 saturated carbocycles. The average molecular weight is 423 g/mol.